The third-order valence-corrected chi connectivity index (χ3v) is 5.60. The van der Waals surface area contributed by atoms with Crippen molar-refractivity contribution in [2.24, 2.45) is 0 Å². The molecule has 2 heterocycles. The zero-order valence-corrected chi connectivity index (χ0v) is 14.5. The highest BCUT2D eigenvalue weighted by Gasteiger charge is 2.45. The van der Waals surface area contributed by atoms with Crippen molar-refractivity contribution < 1.29 is 19.4 Å². The molecule has 0 atom stereocenters. The number of thioether (sulfide) groups is 1. The first kappa shape index (κ1) is 17.7. The summed E-state index contributed by atoms with van der Waals surface area (Å²) >= 11 is 1.54. The third kappa shape index (κ3) is 4.69. The molecule has 7 heteroatoms. The van der Waals surface area contributed by atoms with Crippen LogP contribution in [0, 0.1) is 0 Å². The van der Waals surface area contributed by atoms with Gasteiger partial charge in [-0.1, -0.05) is 6.07 Å². The van der Waals surface area contributed by atoms with E-state index in [0.29, 0.717) is 44.6 Å². The van der Waals surface area contributed by atoms with Gasteiger partial charge in [0.05, 0.1) is 24.6 Å². The van der Waals surface area contributed by atoms with Crippen LogP contribution in [0.2, 0.25) is 0 Å². The van der Waals surface area contributed by atoms with E-state index in [9.17, 15) is 9.90 Å². The van der Waals surface area contributed by atoms with Gasteiger partial charge in [0.2, 0.25) is 5.91 Å². The predicted octanol–water partition coefficient (Wildman–Crippen LogP) is 1.48. The van der Waals surface area contributed by atoms with Crippen molar-refractivity contribution in [3.8, 4) is 0 Å². The molecule has 0 unspecified atom stereocenters. The number of aromatic nitrogens is 1. The van der Waals surface area contributed by atoms with Crippen molar-refractivity contribution >= 4 is 17.7 Å². The van der Waals surface area contributed by atoms with Gasteiger partial charge in [0.1, 0.15) is 0 Å². The summed E-state index contributed by atoms with van der Waals surface area (Å²) in [6.45, 7) is 1.54. The number of nitrogens with one attached hydrogen (secondary N) is 1. The summed E-state index contributed by atoms with van der Waals surface area (Å²) in [5.41, 5.74) is 0.243. The van der Waals surface area contributed by atoms with Crippen LogP contribution in [0.25, 0.3) is 0 Å². The van der Waals surface area contributed by atoms with Crippen LogP contribution in [0.15, 0.2) is 24.5 Å². The first-order valence-electron chi connectivity index (χ1n) is 8.33. The lowest BCUT2D eigenvalue weighted by molar-refractivity contribution is -0.201. The van der Waals surface area contributed by atoms with E-state index in [0.717, 1.165) is 11.3 Å². The van der Waals surface area contributed by atoms with Gasteiger partial charge in [-0.15, -0.1) is 11.8 Å². The van der Waals surface area contributed by atoms with Crippen LogP contribution in [-0.2, 0) is 20.0 Å². The van der Waals surface area contributed by atoms with Crippen LogP contribution < -0.4 is 5.32 Å². The maximum Gasteiger partial charge on any atom is 0.230 e. The van der Waals surface area contributed by atoms with Gasteiger partial charge >= 0.3 is 0 Å². The molecule has 1 aliphatic heterocycles. The topological polar surface area (TPSA) is 80.7 Å². The van der Waals surface area contributed by atoms with Gasteiger partial charge < -0.3 is 19.9 Å². The Kier molecular flexibility index (Phi) is 5.76. The van der Waals surface area contributed by atoms with Crippen LogP contribution in [0.4, 0.5) is 0 Å². The normalized spacial score (nSPS) is 21.7. The van der Waals surface area contributed by atoms with Crippen molar-refractivity contribution in [3.63, 3.8) is 0 Å². The largest absolute Gasteiger partial charge is 0.388 e. The summed E-state index contributed by atoms with van der Waals surface area (Å²) in [6, 6.07) is 3.88. The second-order valence-electron chi connectivity index (χ2n) is 6.46. The van der Waals surface area contributed by atoms with Gasteiger partial charge in [0.25, 0.3) is 0 Å². The fourth-order valence-electron chi connectivity index (χ4n) is 3.12. The zero-order chi connectivity index (χ0) is 16.9. The molecule has 1 spiro atoms. The average Bonchev–Trinajstić information content (AvgIpc) is 3.06. The number of carbonyl (C=O) groups excluding carboxylic acids is 1. The van der Waals surface area contributed by atoms with Gasteiger partial charge in [0, 0.05) is 37.5 Å². The highest BCUT2D eigenvalue weighted by atomic mass is 32.2. The van der Waals surface area contributed by atoms with Crippen LogP contribution in [-0.4, -0.2) is 52.9 Å². The molecule has 6 nitrogen and oxygen atoms in total. The highest BCUT2D eigenvalue weighted by Crippen LogP contribution is 2.39. The molecule has 1 aliphatic carbocycles. The van der Waals surface area contributed by atoms with Crippen molar-refractivity contribution in [1.82, 2.24) is 10.3 Å². The minimum Gasteiger partial charge on any atom is -0.388 e. The van der Waals surface area contributed by atoms with Crippen molar-refractivity contribution in [2.75, 3.05) is 25.5 Å². The van der Waals surface area contributed by atoms with E-state index in [-0.39, 0.29) is 12.5 Å². The number of hydrogen-bond donors (Lipinski definition) is 2. The van der Waals surface area contributed by atoms with E-state index >= 15 is 0 Å². The monoisotopic (exact) mass is 352 g/mol. The molecule has 2 N–H and O–H groups in total. The molecule has 24 heavy (non-hydrogen) atoms. The molecule has 1 amide bonds. The fourth-order valence-corrected chi connectivity index (χ4v) is 3.91. The number of nitrogens with zero attached hydrogens (tertiary/aromatic N) is 1. The quantitative estimate of drug-likeness (QED) is 0.807. The Balaban J connectivity index is 1.35. The van der Waals surface area contributed by atoms with Gasteiger partial charge in [-0.3, -0.25) is 9.78 Å². The van der Waals surface area contributed by atoms with Crippen LogP contribution in [0.5, 0.6) is 0 Å². The Hall–Kier alpha value is -1.15. The second-order valence-corrected chi connectivity index (χ2v) is 7.45. The second kappa shape index (κ2) is 7.82. The molecule has 1 saturated carbocycles. The van der Waals surface area contributed by atoms with Crippen LogP contribution in [0.3, 0.4) is 0 Å². The van der Waals surface area contributed by atoms with E-state index in [1.165, 1.54) is 0 Å². The van der Waals surface area contributed by atoms with Gasteiger partial charge in [0.15, 0.2) is 5.79 Å². The summed E-state index contributed by atoms with van der Waals surface area (Å²) in [5, 5.41) is 13.5. The summed E-state index contributed by atoms with van der Waals surface area (Å²) in [5.74, 6) is 0.589. The standard InChI is InChI=1S/C17H24N2O4S/c20-15(12-24-11-14-2-1-7-18-10-14)19-13-16(21)3-5-17(6-4-16)22-8-9-23-17/h1-2,7,10,21H,3-6,8-9,11-13H2,(H,19,20). The predicted molar refractivity (Wildman–Crippen MR) is 91.5 cm³/mol. The molecule has 2 aliphatic rings. The highest BCUT2D eigenvalue weighted by molar-refractivity contribution is 7.99. The van der Waals surface area contributed by atoms with Gasteiger partial charge in [-0.25, -0.2) is 0 Å². The number of hydrogen-bond acceptors (Lipinski definition) is 6. The van der Waals surface area contributed by atoms with Crippen LogP contribution >= 0.6 is 11.8 Å². The number of pyridine rings is 1. The van der Waals surface area contributed by atoms with E-state index < -0.39 is 11.4 Å². The maximum absolute atomic E-state index is 12.0. The van der Waals surface area contributed by atoms with E-state index in [4.69, 9.17) is 9.47 Å². The molecule has 1 saturated heterocycles. The Morgan fingerprint density at radius 2 is 2.04 bits per heavy atom. The van der Waals surface area contributed by atoms with Crippen molar-refractivity contribution in [2.45, 2.75) is 42.8 Å². The minimum absolute atomic E-state index is 0.0500. The smallest absolute Gasteiger partial charge is 0.230 e. The van der Waals surface area contributed by atoms with Crippen molar-refractivity contribution in [1.29, 1.82) is 0 Å². The Bertz CT molecular complexity index is 539. The SMILES string of the molecule is O=C(CSCc1cccnc1)NCC1(O)CCC2(CC1)OCCO2. The average molecular weight is 352 g/mol. The Labute approximate surface area is 146 Å². The molecule has 132 valence electrons. The fraction of sp³-hybridized carbons (Fsp3) is 0.647. The lowest BCUT2D eigenvalue weighted by atomic mass is 9.81. The Morgan fingerprint density at radius 1 is 1.29 bits per heavy atom. The molecule has 2 fully saturated rings. The molecular formula is C17H24N2O4S. The molecule has 0 bridgehead atoms. The summed E-state index contributed by atoms with van der Waals surface area (Å²) in [7, 11) is 0. The van der Waals surface area contributed by atoms with E-state index in [1.807, 2.05) is 12.1 Å². The molecule has 0 aromatic carbocycles. The summed E-state index contributed by atoms with van der Waals surface area (Å²) in [6.07, 6.45) is 6.05. The molecule has 0 radical (unpaired) electrons. The minimum atomic E-state index is -0.857. The summed E-state index contributed by atoms with van der Waals surface area (Å²) in [4.78, 5) is 16.0. The van der Waals surface area contributed by atoms with E-state index in [1.54, 1.807) is 24.2 Å². The Morgan fingerprint density at radius 3 is 2.71 bits per heavy atom. The third-order valence-electron chi connectivity index (χ3n) is 4.60. The molecular weight excluding hydrogens is 328 g/mol. The zero-order valence-electron chi connectivity index (χ0n) is 13.7. The lowest BCUT2D eigenvalue weighted by Crippen LogP contribution is -2.50. The number of carbonyl (C=O) groups is 1. The summed E-state index contributed by atoms with van der Waals surface area (Å²) < 4.78 is 11.3. The number of aliphatic hydroxyl groups is 1. The number of rotatable bonds is 6. The van der Waals surface area contributed by atoms with Crippen molar-refractivity contribution in [3.05, 3.63) is 30.1 Å². The molecule has 3 rings (SSSR count). The molecule has 1 aromatic rings. The first-order chi connectivity index (χ1) is 11.6. The lowest BCUT2D eigenvalue weighted by Gasteiger charge is -2.40. The first-order valence-corrected chi connectivity index (χ1v) is 9.48. The van der Waals surface area contributed by atoms with Gasteiger partial charge in [-0.2, -0.15) is 0 Å². The maximum atomic E-state index is 12.0. The van der Waals surface area contributed by atoms with Gasteiger partial charge in [-0.05, 0) is 24.5 Å². The van der Waals surface area contributed by atoms with E-state index in [2.05, 4.69) is 10.3 Å². The molecule has 1 aromatic heterocycles. The number of ether oxygens (including phenoxy) is 2. The number of amides is 1. The van der Waals surface area contributed by atoms with Crippen LogP contribution in [0.1, 0.15) is 31.2 Å².